The second-order valence-electron chi connectivity index (χ2n) is 6.37. The van der Waals surface area contributed by atoms with Gasteiger partial charge in [0.1, 0.15) is 5.75 Å². The second kappa shape index (κ2) is 6.62. The van der Waals surface area contributed by atoms with Crippen LogP contribution in [-0.4, -0.2) is 19.2 Å². The molecule has 1 heterocycles. The number of hydrogen-bond donors (Lipinski definition) is 1. The van der Waals surface area contributed by atoms with E-state index in [0.29, 0.717) is 12.0 Å². The minimum Gasteiger partial charge on any atom is -0.493 e. The Morgan fingerprint density at radius 1 is 1.20 bits per heavy atom. The van der Waals surface area contributed by atoms with Crippen molar-refractivity contribution in [2.24, 2.45) is 5.92 Å². The van der Waals surface area contributed by atoms with Crippen LogP contribution in [0.25, 0.3) is 0 Å². The van der Waals surface area contributed by atoms with Crippen molar-refractivity contribution in [3.05, 3.63) is 29.8 Å². The van der Waals surface area contributed by atoms with Crippen LogP contribution >= 0.6 is 0 Å². The average Bonchev–Trinajstić information content (AvgIpc) is 2.92. The molecule has 3 rings (SSSR count). The fourth-order valence-electron chi connectivity index (χ4n) is 3.87. The monoisotopic (exact) mass is 273 g/mol. The molecule has 0 aromatic heterocycles. The van der Waals surface area contributed by atoms with Gasteiger partial charge in [-0.05, 0) is 31.2 Å². The normalized spacial score (nSPS) is 24.1. The molecule has 1 aliphatic carbocycles. The Labute approximate surface area is 122 Å². The molecule has 0 radical (unpaired) electrons. The Bertz CT molecular complexity index is 425. The molecule has 2 unspecified atom stereocenters. The fourth-order valence-corrected chi connectivity index (χ4v) is 3.87. The molecule has 110 valence electrons. The molecule has 1 aromatic carbocycles. The minimum absolute atomic E-state index is 0.531. The molecule has 0 spiro atoms. The maximum atomic E-state index is 5.78. The van der Waals surface area contributed by atoms with E-state index in [2.05, 4.69) is 36.5 Å². The van der Waals surface area contributed by atoms with Crippen LogP contribution in [0, 0.1) is 5.92 Å². The summed E-state index contributed by atoms with van der Waals surface area (Å²) in [7, 11) is 0. The Kier molecular flexibility index (Phi) is 4.62. The van der Waals surface area contributed by atoms with Crippen molar-refractivity contribution in [1.29, 1.82) is 0 Å². The maximum absolute atomic E-state index is 5.78. The van der Waals surface area contributed by atoms with Gasteiger partial charge < -0.3 is 10.1 Å². The molecule has 2 aliphatic rings. The third-order valence-corrected chi connectivity index (χ3v) is 5.08. The van der Waals surface area contributed by atoms with E-state index in [9.17, 15) is 0 Å². The largest absolute Gasteiger partial charge is 0.493 e. The molecule has 2 atom stereocenters. The Balaban J connectivity index is 1.56. The Hall–Kier alpha value is -1.02. The number of benzene rings is 1. The SMILES string of the molecule is CCC(NCC1COc2ccccc21)C1CCCCC1. The van der Waals surface area contributed by atoms with E-state index in [1.54, 1.807) is 0 Å². The molecule has 1 saturated carbocycles. The van der Waals surface area contributed by atoms with Gasteiger partial charge in [0.2, 0.25) is 0 Å². The third kappa shape index (κ3) is 3.01. The van der Waals surface area contributed by atoms with Crippen LogP contribution in [-0.2, 0) is 0 Å². The summed E-state index contributed by atoms with van der Waals surface area (Å²) in [6, 6.07) is 9.19. The highest BCUT2D eigenvalue weighted by atomic mass is 16.5. The molecule has 1 N–H and O–H groups in total. The van der Waals surface area contributed by atoms with Gasteiger partial charge in [-0.15, -0.1) is 0 Å². The number of fused-ring (bicyclic) bond motifs is 1. The fraction of sp³-hybridized carbons (Fsp3) is 0.667. The van der Waals surface area contributed by atoms with Gasteiger partial charge in [0.15, 0.2) is 0 Å². The highest BCUT2D eigenvalue weighted by molar-refractivity contribution is 5.39. The first-order chi connectivity index (χ1) is 9.88. The molecule has 2 heteroatoms. The summed E-state index contributed by atoms with van der Waals surface area (Å²) in [5.74, 6) is 2.51. The van der Waals surface area contributed by atoms with Gasteiger partial charge >= 0.3 is 0 Å². The molecule has 20 heavy (non-hydrogen) atoms. The van der Waals surface area contributed by atoms with Crippen molar-refractivity contribution in [3.63, 3.8) is 0 Å². The first kappa shape index (κ1) is 13.9. The highest BCUT2D eigenvalue weighted by Crippen LogP contribution is 2.33. The summed E-state index contributed by atoms with van der Waals surface area (Å²) in [5, 5.41) is 3.84. The number of rotatable bonds is 5. The Morgan fingerprint density at radius 3 is 2.80 bits per heavy atom. The van der Waals surface area contributed by atoms with Crippen LogP contribution in [0.5, 0.6) is 5.75 Å². The average molecular weight is 273 g/mol. The lowest BCUT2D eigenvalue weighted by atomic mass is 9.82. The van der Waals surface area contributed by atoms with Gasteiger partial charge in [0.25, 0.3) is 0 Å². The summed E-state index contributed by atoms with van der Waals surface area (Å²) in [6.07, 6.45) is 8.39. The zero-order chi connectivity index (χ0) is 13.8. The van der Waals surface area contributed by atoms with E-state index < -0.39 is 0 Å². The molecule has 0 amide bonds. The van der Waals surface area contributed by atoms with Crippen LogP contribution in [0.2, 0.25) is 0 Å². The maximum Gasteiger partial charge on any atom is 0.122 e. The van der Waals surface area contributed by atoms with E-state index in [1.807, 2.05) is 0 Å². The van der Waals surface area contributed by atoms with Crippen molar-refractivity contribution in [1.82, 2.24) is 5.32 Å². The standard InChI is InChI=1S/C18H27NO/c1-2-17(14-8-4-3-5-9-14)19-12-15-13-20-18-11-7-6-10-16(15)18/h6-7,10-11,14-15,17,19H,2-5,8-9,12-13H2,1H3. The number of nitrogens with one attached hydrogen (secondary N) is 1. The molecule has 2 nitrogen and oxygen atoms in total. The van der Waals surface area contributed by atoms with E-state index >= 15 is 0 Å². The molecule has 0 saturated heterocycles. The van der Waals surface area contributed by atoms with Crippen LogP contribution in [0.15, 0.2) is 24.3 Å². The summed E-state index contributed by atoms with van der Waals surface area (Å²) < 4.78 is 5.78. The smallest absolute Gasteiger partial charge is 0.122 e. The second-order valence-corrected chi connectivity index (χ2v) is 6.37. The molecular formula is C18H27NO. The lowest BCUT2D eigenvalue weighted by Crippen LogP contribution is -2.39. The van der Waals surface area contributed by atoms with Gasteiger partial charge in [0.05, 0.1) is 6.61 Å². The van der Waals surface area contributed by atoms with Gasteiger partial charge in [-0.1, -0.05) is 44.4 Å². The van der Waals surface area contributed by atoms with Gasteiger partial charge in [-0.2, -0.15) is 0 Å². The van der Waals surface area contributed by atoms with Crippen molar-refractivity contribution < 1.29 is 4.74 Å². The molecular weight excluding hydrogens is 246 g/mol. The van der Waals surface area contributed by atoms with Crippen LogP contribution in [0.1, 0.15) is 56.9 Å². The van der Waals surface area contributed by atoms with Crippen molar-refractivity contribution in [3.8, 4) is 5.75 Å². The van der Waals surface area contributed by atoms with Crippen LogP contribution < -0.4 is 10.1 Å². The van der Waals surface area contributed by atoms with Gasteiger partial charge in [0, 0.05) is 24.1 Å². The van der Waals surface area contributed by atoms with Crippen LogP contribution in [0.3, 0.4) is 0 Å². The van der Waals surface area contributed by atoms with Crippen LogP contribution in [0.4, 0.5) is 0 Å². The third-order valence-electron chi connectivity index (χ3n) is 5.08. The summed E-state index contributed by atoms with van der Waals surface area (Å²) in [6.45, 7) is 4.23. The molecule has 1 fully saturated rings. The first-order valence-electron chi connectivity index (χ1n) is 8.33. The van der Waals surface area contributed by atoms with E-state index in [0.717, 1.165) is 24.8 Å². The van der Waals surface area contributed by atoms with E-state index in [-0.39, 0.29) is 0 Å². The van der Waals surface area contributed by atoms with Crippen molar-refractivity contribution >= 4 is 0 Å². The number of ether oxygens (including phenoxy) is 1. The molecule has 1 aromatic rings. The zero-order valence-corrected chi connectivity index (χ0v) is 12.6. The summed E-state index contributed by atoms with van der Waals surface area (Å²) in [4.78, 5) is 0. The van der Waals surface area contributed by atoms with Crippen molar-refractivity contribution in [2.75, 3.05) is 13.2 Å². The van der Waals surface area contributed by atoms with Gasteiger partial charge in [-0.3, -0.25) is 0 Å². The topological polar surface area (TPSA) is 21.3 Å². The number of hydrogen-bond acceptors (Lipinski definition) is 2. The van der Waals surface area contributed by atoms with Crippen molar-refractivity contribution in [2.45, 2.75) is 57.4 Å². The predicted molar refractivity (Wildman–Crippen MR) is 83.3 cm³/mol. The molecule has 0 bridgehead atoms. The first-order valence-corrected chi connectivity index (χ1v) is 8.33. The minimum atomic E-state index is 0.531. The lowest BCUT2D eigenvalue weighted by molar-refractivity contribution is 0.252. The lowest BCUT2D eigenvalue weighted by Gasteiger charge is -2.31. The molecule has 1 aliphatic heterocycles. The quantitative estimate of drug-likeness (QED) is 0.871. The highest BCUT2D eigenvalue weighted by Gasteiger charge is 2.26. The van der Waals surface area contributed by atoms with E-state index in [1.165, 1.54) is 44.1 Å². The summed E-state index contributed by atoms with van der Waals surface area (Å²) >= 11 is 0. The number of para-hydroxylation sites is 1. The Morgan fingerprint density at radius 2 is 2.00 bits per heavy atom. The summed E-state index contributed by atoms with van der Waals surface area (Å²) in [5.41, 5.74) is 1.39. The zero-order valence-electron chi connectivity index (χ0n) is 12.6. The van der Waals surface area contributed by atoms with E-state index in [4.69, 9.17) is 4.74 Å². The predicted octanol–water partition coefficient (Wildman–Crippen LogP) is 4.11. The van der Waals surface area contributed by atoms with Gasteiger partial charge in [-0.25, -0.2) is 0 Å².